The number of fused-ring (bicyclic) bond motifs is 2. The van der Waals surface area contributed by atoms with Gasteiger partial charge in [0.25, 0.3) is 0 Å². The SMILES string of the molecule is C=C1CCC[C@]2(C)C[C@H]3OC(=O)C(CN(C)[C@@H](C)[C@@H](O)c4ccccc4)[C@H]3CC12. The molecule has 1 aromatic rings. The summed E-state index contributed by atoms with van der Waals surface area (Å²) >= 11 is 0. The van der Waals surface area contributed by atoms with Gasteiger partial charge in [0.05, 0.1) is 12.0 Å². The van der Waals surface area contributed by atoms with Crippen LogP contribution in [0.4, 0.5) is 0 Å². The Hall–Kier alpha value is -1.65. The first kappa shape index (κ1) is 20.6. The average molecular weight is 398 g/mol. The van der Waals surface area contributed by atoms with Gasteiger partial charge in [0.1, 0.15) is 6.10 Å². The smallest absolute Gasteiger partial charge is 0.310 e. The Morgan fingerprint density at radius 3 is 2.79 bits per heavy atom. The van der Waals surface area contributed by atoms with E-state index in [1.165, 1.54) is 18.4 Å². The van der Waals surface area contributed by atoms with E-state index in [4.69, 9.17) is 4.74 Å². The zero-order chi connectivity index (χ0) is 20.8. The Morgan fingerprint density at radius 2 is 2.07 bits per heavy atom. The van der Waals surface area contributed by atoms with Gasteiger partial charge in [-0.2, -0.15) is 0 Å². The van der Waals surface area contributed by atoms with E-state index in [0.29, 0.717) is 12.5 Å². The molecule has 1 aliphatic heterocycles. The highest BCUT2D eigenvalue weighted by Crippen LogP contribution is 2.57. The number of carbonyl (C=O) groups excluding carboxylic acids is 1. The molecule has 0 spiro atoms. The second-order valence-electron chi connectivity index (χ2n) is 9.94. The summed E-state index contributed by atoms with van der Waals surface area (Å²) in [6, 6.07) is 9.66. The molecule has 29 heavy (non-hydrogen) atoms. The minimum absolute atomic E-state index is 0.0439. The normalized spacial score (nSPS) is 36.3. The number of hydrogen-bond donors (Lipinski definition) is 1. The monoisotopic (exact) mass is 397 g/mol. The summed E-state index contributed by atoms with van der Waals surface area (Å²) in [5.41, 5.74) is 2.51. The number of hydrogen-bond acceptors (Lipinski definition) is 4. The number of rotatable bonds is 5. The summed E-state index contributed by atoms with van der Waals surface area (Å²) in [5, 5.41) is 10.8. The van der Waals surface area contributed by atoms with Gasteiger partial charge in [-0.05, 0) is 63.0 Å². The maximum atomic E-state index is 12.8. The van der Waals surface area contributed by atoms with Crippen molar-refractivity contribution in [2.75, 3.05) is 13.6 Å². The van der Waals surface area contributed by atoms with Crippen LogP contribution in [0, 0.1) is 23.2 Å². The van der Waals surface area contributed by atoms with Gasteiger partial charge in [-0.25, -0.2) is 0 Å². The molecule has 7 atom stereocenters. The average Bonchev–Trinajstić information content (AvgIpc) is 2.99. The predicted octanol–water partition coefficient (Wildman–Crippen LogP) is 4.35. The minimum Gasteiger partial charge on any atom is -0.462 e. The van der Waals surface area contributed by atoms with Crippen molar-refractivity contribution < 1.29 is 14.6 Å². The van der Waals surface area contributed by atoms with Crippen LogP contribution < -0.4 is 0 Å². The number of benzene rings is 1. The van der Waals surface area contributed by atoms with Crippen LogP contribution in [0.1, 0.15) is 57.6 Å². The molecule has 0 radical (unpaired) electrons. The number of likely N-dealkylation sites (N-methyl/N-ethyl adjacent to an activating group) is 1. The van der Waals surface area contributed by atoms with Gasteiger partial charge in [-0.15, -0.1) is 0 Å². The molecular weight excluding hydrogens is 362 g/mol. The zero-order valence-corrected chi connectivity index (χ0v) is 18.0. The van der Waals surface area contributed by atoms with E-state index in [-0.39, 0.29) is 35.4 Å². The van der Waals surface area contributed by atoms with Crippen molar-refractivity contribution in [3.05, 3.63) is 48.0 Å². The topological polar surface area (TPSA) is 49.8 Å². The lowest BCUT2D eigenvalue weighted by Crippen LogP contribution is -2.46. The lowest BCUT2D eigenvalue weighted by molar-refractivity contribution is -0.146. The molecule has 2 saturated carbocycles. The number of aliphatic hydroxyl groups is 1. The van der Waals surface area contributed by atoms with Gasteiger partial charge >= 0.3 is 5.97 Å². The number of carbonyl (C=O) groups is 1. The Kier molecular flexibility index (Phi) is 5.60. The molecule has 1 aromatic carbocycles. The molecule has 4 heteroatoms. The van der Waals surface area contributed by atoms with Gasteiger partial charge in [-0.3, -0.25) is 9.69 Å². The summed E-state index contributed by atoms with van der Waals surface area (Å²) in [7, 11) is 2.00. The van der Waals surface area contributed by atoms with E-state index >= 15 is 0 Å². The van der Waals surface area contributed by atoms with E-state index in [2.05, 4.69) is 18.4 Å². The Labute approximate surface area is 174 Å². The highest BCUT2D eigenvalue weighted by atomic mass is 16.6. The summed E-state index contributed by atoms with van der Waals surface area (Å²) in [6.45, 7) is 9.39. The standard InChI is InChI=1S/C25H35NO3/c1-16-9-8-12-25(3)14-22-19(13-21(16)25)20(24(28)29-22)15-26(4)17(2)23(27)18-10-6-5-7-11-18/h5-7,10-11,17,19-23,27H,1,8-9,12-15H2,2-4H3/t17-,19+,20?,21?,22+,23+,25+/m0/s1. The van der Waals surface area contributed by atoms with Crippen molar-refractivity contribution in [2.45, 2.75) is 64.2 Å². The fourth-order valence-electron chi connectivity index (χ4n) is 6.11. The van der Waals surface area contributed by atoms with Gasteiger partial charge in [0.15, 0.2) is 0 Å². The van der Waals surface area contributed by atoms with E-state index in [1.54, 1.807) is 0 Å². The lowest BCUT2D eigenvalue weighted by atomic mass is 9.55. The third-order valence-corrected chi connectivity index (χ3v) is 8.10. The third-order valence-electron chi connectivity index (χ3n) is 8.10. The highest BCUT2D eigenvalue weighted by Gasteiger charge is 2.55. The maximum absolute atomic E-state index is 12.8. The number of esters is 1. The molecule has 0 bridgehead atoms. The molecule has 158 valence electrons. The Bertz CT molecular complexity index is 763. The molecule has 1 N–H and O–H groups in total. The van der Waals surface area contributed by atoms with Crippen LogP contribution in [0.3, 0.4) is 0 Å². The molecule has 0 aromatic heterocycles. The number of aliphatic hydroxyl groups excluding tert-OH is 1. The summed E-state index contributed by atoms with van der Waals surface area (Å²) in [6.07, 6.45) is 4.98. The van der Waals surface area contributed by atoms with Crippen LogP contribution in [0.15, 0.2) is 42.5 Å². The highest BCUT2D eigenvalue weighted by molar-refractivity contribution is 5.75. The van der Waals surface area contributed by atoms with Gasteiger partial charge < -0.3 is 9.84 Å². The Balaban J connectivity index is 1.46. The van der Waals surface area contributed by atoms with Crippen molar-refractivity contribution in [3.8, 4) is 0 Å². The van der Waals surface area contributed by atoms with Crippen molar-refractivity contribution in [1.29, 1.82) is 0 Å². The van der Waals surface area contributed by atoms with Crippen LogP contribution in [-0.4, -0.2) is 41.7 Å². The summed E-state index contributed by atoms with van der Waals surface area (Å²) < 4.78 is 5.90. The van der Waals surface area contributed by atoms with Crippen molar-refractivity contribution in [3.63, 3.8) is 0 Å². The first-order valence-corrected chi connectivity index (χ1v) is 11.1. The van der Waals surface area contributed by atoms with E-state index in [1.807, 2.05) is 44.3 Å². The van der Waals surface area contributed by atoms with Gasteiger partial charge in [0.2, 0.25) is 0 Å². The van der Waals surface area contributed by atoms with Crippen molar-refractivity contribution >= 4 is 5.97 Å². The molecule has 3 aliphatic rings. The Morgan fingerprint density at radius 1 is 1.34 bits per heavy atom. The van der Waals surface area contributed by atoms with E-state index in [0.717, 1.165) is 24.8 Å². The molecule has 0 amide bonds. The lowest BCUT2D eigenvalue weighted by Gasteiger charge is -2.50. The van der Waals surface area contributed by atoms with Crippen LogP contribution in [-0.2, 0) is 9.53 Å². The predicted molar refractivity (Wildman–Crippen MR) is 114 cm³/mol. The minimum atomic E-state index is -0.581. The molecule has 2 aliphatic carbocycles. The second kappa shape index (κ2) is 7.88. The molecule has 3 fully saturated rings. The first-order chi connectivity index (χ1) is 13.8. The molecular formula is C25H35NO3. The molecule has 1 saturated heterocycles. The van der Waals surface area contributed by atoms with Crippen molar-refractivity contribution in [1.82, 2.24) is 4.90 Å². The third kappa shape index (κ3) is 3.77. The van der Waals surface area contributed by atoms with Gasteiger partial charge in [0, 0.05) is 18.5 Å². The van der Waals surface area contributed by atoms with Crippen molar-refractivity contribution in [2.24, 2.45) is 23.2 Å². The molecule has 1 heterocycles. The summed E-state index contributed by atoms with van der Waals surface area (Å²) in [5.74, 6) is 0.599. The van der Waals surface area contributed by atoms with Crippen LogP contribution in [0.25, 0.3) is 0 Å². The first-order valence-electron chi connectivity index (χ1n) is 11.1. The number of allylic oxidation sites excluding steroid dienone is 1. The van der Waals surface area contributed by atoms with Crippen LogP contribution >= 0.6 is 0 Å². The fraction of sp³-hybridized carbons (Fsp3) is 0.640. The van der Waals surface area contributed by atoms with Crippen LogP contribution in [0.5, 0.6) is 0 Å². The van der Waals surface area contributed by atoms with E-state index < -0.39 is 6.10 Å². The van der Waals surface area contributed by atoms with Crippen LogP contribution in [0.2, 0.25) is 0 Å². The maximum Gasteiger partial charge on any atom is 0.310 e. The summed E-state index contributed by atoms with van der Waals surface area (Å²) in [4.78, 5) is 14.9. The quantitative estimate of drug-likeness (QED) is 0.593. The molecule has 2 unspecified atom stereocenters. The largest absolute Gasteiger partial charge is 0.462 e. The molecule has 4 nitrogen and oxygen atoms in total. The number of nitrogens with zero attached hydrogens (tertiary/aromatic N) is 1. The molecule has 4 rings (SSSR count). The van der Waals surface area contributed by atoms with Gasteiger partial charge in [-0.1, -0.05) is 49.4 Å². The second-order valence-corrected chi connectivity index (χ2v) is 9.94. The van der Waals surface area contributed by atoms with E-state index in [9.17, 15) is 9.90 Å². The fourth-order valence-corrected chi connectivity index (χ4v) is 6.11. The number of ether oxygens (including phenoxy) is 1. The zero-order valence-electron chi connectivity index (χ0n) is 18.0.